The SMILES string of the molecule is Clc1cc(BCc2ccccc2)cc(Cl)c1Cl. The van der Waals surface area contributed by atoms with Crippen molar-refractivity contribution in [2.75, 3.05) is 0 Å². The van der Waals surface area contributed by atoms with Gasteiger partial charge in [0.2, 0.25) is 0 Å². The van der Waals surface area contributed by atoms with E-state index in [0.717, 1.165) is 19.1 Å². The lowest BCUT2D eigenvalue weighted by Crippen LogP contribution is -2.16. The van der Waals surface area contributed by atoms with E-state index in [2.05, 4.69) is 12.1 Å². The highest BCUT2D eigenvalue weighted by Gasteiger charge is 2.06. The molecule has 0 heterocycles. The standard InChI is InChI=1S/C13H10BCl3/c15-11-6-10(7-12(16)13(11)17)14-8-9-4-2-1-3-5-9/h1-7,14H,8H2. The molecule has 0 radical (unpaired) electrons. The van der Waals surface area contributed by atoms with Crippen molar-refractivity contribution in [3.63, 3.8) is 0 Å². The highest BCUT2D eigenvalue weighted by molar-refractivity contribution is 6.56. The van der Waals surface area contributed by atoms with Crippen LogP contribution in [0.1, 0.15) is 5.56 Å². The quantitative estimate of drug-likeness (QED) is 0.592. The number of hydrogen-bond donors (Lipinski definition) is 0. The molecule has 0 aliphatic heterocycles. The molecule has 0 amide bonds. The molecule has 0 saturated heterocycles. The van der Waals surface area contributed by atoms with Crippen molar-refractivity contribution in [1.29, 1.82) is 0 Å². The molecule has 0 fully saturated rings. The number of halogens is 3. The molecule has 0 unspecified atom stereocenters. The van der Waals surface area contributed by atoms with Crippen LogP contribution in [0.4, 0.5) is 0 Å². The lowest BCUT2D eigenvalue weighted by Gasteiger charge is -2.04. The summed E-state index contributed by atoms with van der Waals surface area (Å²) < 4.78 is 0. The van der Waals surface area contributed by atoms with Crippen LogP contribution in [-0.4, -0.2) is 7.28 Å². The van der Waals surface area contributed by atoms with Crippen LogP contribution < -0.4 is 5.46 Å². The molecule has 0 atom stereocenters. The summed E-state index contributed by atoms with van der Waals surface area (Å²) in [5, 5.41) is 1.46. The molecular weight excluding hydrogens is 273 g/mol. The van der Waals surface area contributed by atoms with E-state index in [0.29, 0.717) is 15.1 Å². The zero-order chi connectivity index (χ0) is 12.3. The Labute approximate surface area is 117 Å². The molecule has 86 valence electrons. The van der Waals surface area contributed by atoms with Gasteiger partial charge in [0.05, 0.1) is 15.1 Å². The minimum absolute atomic E-state index is 0.428. The van der Waals surface area contributed by atoms with Gasteiger partial charge in [0.15, 0.2) is 7.28 Å². The predicted octanol–water partition coefficient (Wildman–Crippen LogP) is 3.91. The minimum atomic E-state index is 0.428. The molecule has 0 aliphatic carbocycles. The van der Waals surface area contributed by atoms with Gasteiger partial charge >= 0.3 is 0 Å². The van der Waals surface area contributed by atoms with E-state index >= 15 is 0 Å². The molecule has 2 aromatic carbocycles. The first kappa shape index (κ1) is 12.8. The number of hydrogen-bond acceptors (Lipinski definition) is 0. The lowest BCUT2D eigenvalue weighted by atomic mass is 9.65. The maximum atomic E-state index is 5.98. The van der Waals surface area contributed by atoms with Crippen molar-refractivity contribution in [1.82, 2.24) is 0 Å². The summed E-state index contributed by atoms with van der Waals surface area (Å²) in [5.74, 6) is 0. The summed E-state index contributed by atoms with van der Waals surface area (Å²) in [7, 11) is 0.903. The van der Waals surface area contributed by atoms with Crippen molar-refractivity contribution < 1.29 is 0 Å². The largest absolute Gasteiger partial charge is 0.162 e. The summed E-state index contributed by atoms with van der Waals surface area (Å²) in [6.45, 7) is 0. The molecule has 0 nitrogen and oxygen atoms in total. The molecular formula is C13H10BCl3. The van der Waals surface area contributed by atoms with Crippen LogP contribution in [0.25, 0.3) is 0 Å². The molecule has 0 saturated carbocycles. The minimum Gasteiger partial charge on any atom is -0.0827 e. The van der Waals surface area contributed by atoms with E-state index in [1.807, 2.05) is 30.3 Å². The fourth-order valence-corrected chi connectivity index (χ4v) is 2.33. The van der Waals surface area contributed by atoms with E-state index in [9.17, 15) is 0 Å². The van der Waals surface area contributed by atoms with E-state index in [1.165, 1.54) is 5.56 Å². The molecule has 0 N–H and O–H groups in total. The van der Waals surface area contributed by atoms with Gasteiger partial charge in [-0.15, -0.1) is 0 Å². The maximum absolute atomic E-state index is 5.98. The van der Waals surface area contributed by atoms with Gasteiger partial charge in [0.25, 0.3) is 0 Å². The summed E-state index contributed by atoms with van der Waals surface area (Å²) >= 11 is 17.9. The molecule has 2 rings (SSSR count). The van der Waals surface area contributed by atoms with E-state index < -0.39 is 0 Å². The van der Waals surface area contributed by atoms with Crippen molar-refractivity contribution in [3.05, 3.63) is 63.1 Å². The second-order valence-corrected chi connectivity index (χ2v) is 5.05. The van der Waals surface area contributed by atoms with Crippen LogP contribution in [0, 0.1) is 0 Å². The van der Waals surface area contributed by atoms with Gasteiger partial charge in [0.1, 0.15) is 0 Å². The van der Waals surface area contributed by atoms with Crippen LogP contribution in [0.3, 0.4) is 0 Å². The molecule has 0 aromatic heterocycles. The molecule has 0 aliphatic rings. The van der Waals surface area contributed by atoms with E-state index in [4.69, 9.17) is 34.8 Å². The Kier molecular flexibility index (Phi) is 4.39. The Balaban J connectivity index is 2.10. The van der Waals surface area contributed by atoms with Crippen LogP contribution in [-0.2, 0) is 6.32 Å². The topological polar surface area (TPSA) is 0 Å². The highest BCUT2D eigenvalue weighted by Crippen LogP contribution is 2.28. The van der Waals surface area contributed by atoms with Gasteiger partial charge in [0, 0.05) is 0 Å². The first-order chi connectivity index (χ1) is 8.16. The van der Waals surface area contributed by atoms with Crippen molar-refractivity contribution in [2.45, 2.75) is 6.32 Å². The van der Waals surface area contributed by atoms with Crippen molar-refractivity contribution in [2.24, 2.45) is 0 Å². The fourth-order valence-electron chi connectivity index (χ4n) is 1.69. The second-order valence-electron chi connectivity index (χ2n) is 3.86. The molecule has 17 heavy (non-hydrogen) atoms. The average molecular weight is 283 g/mol. The Morgan fingerprint density at radius 3 is 2.06 bits per heavy atom. The van der Waals surface area contributed by atoms with Crippen LogP contribution in [0.2, 0.25) is 15.1 Å². The monoisotopic (exact) mass is 282 g/mol. The van der Waals surface area contributed by atoms with E-state index in [-0.39, 0.29) is 0 Å². The maximum Gasteiger partial charge on any atom is 0.162 e. The van der Waals surface area contributed by atoms with Gasteiger partial charge in [-0.2, -0.15) is 0 Å². The summed E-state index contributed by atoms with van der Waals surface area (Å²) in [5.41, 5.74) is 2.41. The normalized spacial score (nSPS) is 10.3. The van der Waals surface area contributed by atoms with Crippen molar-refractivity contribution in [3.8, 4) is 0 Å². The van der Waals surface area contributed by atoms with Crippen LogP contribution >= 0.6 is 34.8 Å². The van der Waals surface area contributed by atoms with Crippen LogP contribution in [0.15, 0.2) is 42.5 Å². The van der Waals surface area contributed by atoms with Gasteiger partial charge in [-0.05, 0) is 18.5 Å². The average Bonchev–Trinajstić information content (AvgIpc) is 2.34. The molecule has 2 aromatic rings. The van der Waals surface area contributed by atoms with Crippen LogP contribution in [0.5, 0.6) is 0 Å². The van der Waals surface area contributed by atoms with E-state index in [1.54, 1.807) is 0 Å². The summed E-state index contributed by atoms with van der Waals surface area (Å²) in [6.07, 6.45) is 0.967. The third-order valence-electron chi connectivity index (χ3n) is 2.59. The van der Waals surface area contributed by atoms with Gasteiger partial charge < -0.3 is 0 Å². The molecule has 0 spiro atoms. The Morgan fingerprint density at radius 2 is 1.47 bits per heavy atom. The van der Waals surface area contributed by atoms with Crippen molar-refractivity contribution >= 4 is 47.5 Å². The number of rotatable bonds is 3. The number of benzene rings is 2. The molecule has 4 heteroatoms. The van der Waals surface area contributed by atoms with Gasteiger partial charge in [-0.25, -0.2) is 0 Å². The zero-order valence-corrected chi connectivity index (χ0v) is 11.4. The first-order valence-corrected chi connectivity index (χ1v) is 6.47. The smallest absolute Gasteiger partial charge is 0.0827 e. The second kappa shape index (κ2) is 5.81. The lowest BCUT2D eigenvalue weighted by molar-refractivity contribution is 1.39. The Morgan fingerprint density at radius 1 is 0.882 bits per heavy atom. The fraction of sp³-hybridized carbons (Fsp3) is 0.0769. The van der Waals surface area contributed by atoms with Gasteiger partial charge in [-0.3, -0.25) is 0 Å². The first-order valence-electron chi connectivity index (χ1n) is 5.34. The summed E-state index contributed by atoms with van der Waals surface area (Å²) in [4.78, 5) is 0. The van der Waals surface area contributed by atoms with Gasteiger partial charge in [-0.1, -0.05) is 76.2 Å². The third-order valence-corrected chi connectivity index (χ3v) is 3.79. The summed E-state index contributed by atoms with van der Waals surface area (Å²) in [6, 6.07) is 14.1. The molecule has 0 bridgehead atoms. The third kappa shape index (κ3) is 3.42. The highest BCUT2D eigenvalue weighted by atomic mass is 35.5. The Hall–Kier alpha value is -0.625. The zero-order valence-electron chi connectivity index (χ0n) is 9.09. The predicted molar refractivity (Wildman–Crippen MR) is 78.4 cm³/mol. The Bertz CT molecular complexity index is 488.